The zero-order valence-corrected chi connectivity index (χ0v) is 15.3. The van der Waals surface area contributed by atoms with Crippen LogP contribution in [-0.2, 0) is 11.3 Å². The van der Waals surface area contributed by atoms with Crippen molar-refractivity contribution in [2.24, 2.45) is 0 Å². The molecule has 1 amide bonds. The first-order chi connectivity index (χ1) is 13.8. The summed E-state index contributed by atoms with van der Waals surface area (Å²) in [6, 6.07) is 7.97. The molecule has 0 aliphatic carbocycles. The van der Waals surface area contributed by atoms with Gasteiger partial charge in [-0.05, 0) is 36.6 Å². The first-order valence-electron chi connectivity index (χ1n) is 9.39. The number of carbonyl (C=O) groups is 1. The fraction of sp³-hybridized carbons (Fsp3) is 0.300. The predicted molar refractivity (Wildman–Crippen MR) is 103 cm³/mol. The first-order valence-corrected chi connectivity index (χ1v) is 9.39. The van der Waals surface area contributed by atoms with Gasteiger partial charge in [-0.15, -0.1) is 0 Å². The van der Waals surface area contributed by atoms with Crippen LogP contribution in [0.5, 0.6) is 0 Å². The molecule has 0 aromatic carbocycles. The molecule has 1 N–H and O–H groups in total. The van der Waals surface area contributed by atoms with E-state index in [0.29, 0.717) is 18.2 Å². The molecule has 1 aliphatic rings. The van der Waals surface area contributed by atoms with Crippen LogP contribution in [0.1, 0.15) is 34.8 Å². The molecule has 0 saturated carbocycles. The van der Waals surface area contributed by atoms with E-state index in [0.717, 1.165) is 48.3 Å². The highest BCUT2D eigenvalue weighted by molar-refractivity contribution is 5.96. The van der Waals surface area contributed by atoms with Gasteiger partial charge in [0.05, 0.1) is 17.4 Å². The van der Waals surface area contributed by atoms with Crippen molar-refractivity contribution in [3.63, 3.8) is 0 Å². The van der Waals surface area contributed by atoms with E-state index >= 15 is 0 Å². The highest BCUT2D eigenvalue weighted by Crippen LogP contribution is 2.24. The number of pyridine rings is 2. The molecule has 142 valence electrons. The lowest BCUT2D eigenvalue weighted by Gasteiger charge is -2.23. The molecule has 0 unspecified atom stereocenters. The quantitative estimate of drug-likeness (QED) is 0.591. The van der Waals surface area contributed by atoms with Gasteiger partial charge >= 0.3 is 0 Å². The summed E-state index contributed by atoms with van der Waals surface area (Å²) in [5.74, 6) is -0.170. The van der Waals surface area contributed by atoms with Gasteiger partial charge in [0.1, 0.15) is 5.52 Å². The molecule has 1 fully saturated rings. The van der Waals surface area contributed by atoms with Crippen molar-refractivity contribution in [2.75, 3.05) is 13.2 Å². The summed E-state index contributed by atoms with van der Waals surface area (Å²) in [6.45, 7) is 1.94. The molecule has 0 spiro atoms. The molecule has 28 heavy (non-hydrogen) atoms. The van der Waals surface area contributed by atoms with E-state index in [1.807, 2.05) is 30.7 Å². The minimum Gasteiger partial charge on any atom is -0.381 e. The Bertz CT molecular complexity index is 1140. The summed E-state index contributed by atoms with van der Waals surface area (Å²) in [5.41, 5.74) is 4.03. The minimum absolute atomic E-state index is 0.170. The van der Waals surface area contributed by atoms with Crippen LogP contribution in [0.25, 0.3) is 16.7 Å². The van der Waals surface area contributed by atoms with Crippen LogP contribution in [0, 0.1) is 0 Å². The summed E-state index contributed by atoms with van der Waals surface area (Å²) < 4.78 is 9.32. The lowest BCUT2D eigenvalue weighted by molar-refractivity contribution is 0.0704. The number of imidazole rings is 1. The average molecular weight is 376 g/mol. The fourth-order valence-electron chi connectivity index (χ4n) is 3.71. The van der Waals surface area contributed by atoms with Gasteiger partial charge in [-0.2, -0.15) is 5.10 Å². The Balaban J connectivity index is 1.34. The first kappa shape index (κ1) is 16.9. The Morgan fingerprint density at radius 2 is 2.14 bits per heavy atom. The molecule has 8 nitrogen and oxygen atoms in total. The predicted octanol–water partition coefficient (Wildman–Crippen LogP) is 2.36. The molecule has 5 heterocycles. The summed E-state index contributed by atoms with van der Waals surface area (Å²) in [5, 5.41) is 7.18. The number of carbonyl (C=O) groups excluding carboxylic acids is 1. The maximum absolute atomic E-state index is 12.6. The van der Waals surface area contributed by atoms with E-state index in [1.165, 1.54) is 0 Å². The van der Waals surface area contributed by atoms with Crippen LogP contribution in [0.2, 0.25) is 0 Å². The molecule has 4 aromatic rings. The lowest BCUT2D eigenvalue weighted by atomic mass is 10.1. The molecule has 0 bridgehead atoms. The second-order valence-corrected chi connectivity index (χ2v) is 6.94. The molecule has 1 saturated heterocycles. The summed E-state index contributed by atoms with van der Waals surface area (Å²) in [4.78, 5) is 21.6. The molecule has 8 heteroatoms. The molecular formula is C20H20N6O2. The van der Waals surface area contributed by atoms with E-state index in [-0.39, 0.29) is 5.91 Å². The normalized spacial score (nSPS) is 15.3. The third-order valence-electron chi connectivity index (χ3n) is 5.22. The molecule has 4 aromatic heterocycles. The number of rotatable bonds is 4. The van der Waals surface area contributed by atoms with Crippen molar-refractivity contribution in [1.82, 2.24) is 29.5 Å². The number of hydrogen-bond acceptors (Lipinski definition) is 5. The smallest absolute Gasteiger partial charge is 0.253 e. The van der Waals surface area contributed by atoms with E-state index in [2.05, 4.69) is 25.0 Å². The zero-order chi connectivity index (χ0) is 18.9. The van der Waals surface area contributed by atoms with Gasteiger partial charge in [0.25, 0.3) is 5.91 Å². The standard InChI is InChI=1S/C20H20N6O2/c27-20(22-11-14-2-1-7-26-18(14)3-6-24-26)15-10-17-19(21-12-15)25(13-23-17)16-4-8-28-9-5-16/h1-3,6-7,10,12-13,16H,4-5,8-9,11H2,(H,22,27). The number of nitrogens with zero attached hydrogens (tertiary/aromatic N) is 5. The Kier molecular flexibility index (Phi) is 4.25. The number of nitrogens with one attached hydrogen (secondary N) is 1. The summed E-state index contributed by atoms with van der Waals surface area (Å²) >= 11 is 0. The van der Waals surface area contributed by atoms with Crippen molar-refractivity contribution in [3.8, 4) is 0 Å². The fourth-order valence-corrected chi connectivity index (χ4v) is 3.71. The maximum atomic E-state index is 12.6. The van der Waals surface area contributed by atoms with Crippen LogP contribution >= 0.6 is 0 Å². The van der Waals surface area contributed by atoms with Crippen molar-refractivity contribution in [3.05, 3.63) is 60.3 Å². The molecule has 5 rings (SSSR count). The van der Waals surface area contributed by atoms with Gasteiger partial charge in [0.2, 0.25) is 0 Å². The number of amides is 1. The second-order valence-electron chi connectivity index (χ2n) is 6.94. The zero-order valence-electron chi connectivity index (χ0n) is 15.3. The van der Waals surface area contributed by atoms with E-state index in [1.54, 1.807) is 23.0 Å². The third kappa shape index (κ3) is 3.01. The Hall–Kier alpha value is -3.26. The van der Waals surface area contributed by atoms with E-state index in [9.17, 15) is 4.79 Å². The van der Waals surface area contributed by atoms with Crippen LogP contribution in [0.3, 0.4) is 0 Å². The van der Waals surface area contributed by atoms with Gasteiger partial charge in [0, 0.05) is 44.4 Å². The summed E-state index contributed by atoms with van der Waals surface area (Å²) in [6.07, 6.45) is 8.97. The average Bonchev–Trinajstić information content (AvgIpc) is 3.39. The highest BCUT2D eigenvalue weighted by Gasteiger charge is 2.19. The summed E-state index contributed by atoms with van der Waals surface area (Å²) in [7, 11) is 0. The van der Waals surface area contributed by atoms with Crippen LogP contribution < -0.4 is 5.32 Å². The second kappa shape index (κ2) is 7.05. The van der Waals surface area contributed by atoms with E-state index < -0.39 is 0 Å². The van der Waals surface area contributed by atoms with E-state index in [4.69, 9.17) is 4.74 Å². The monoisotopic (exact) mass is 376 g/mol. The van der Waals surface area contributed by atoms with Gasteiger partial charge in [-0.1, -0.05) is 6.07 Å². The Morgan fingerprint density at radius 3 is 3.04 bits per heavy atom. The number of fused-ring (bicyclic) bond motifs is 2. The molecule has 0 atom stereocenters. The Labute approximate surface area is 161 Å². The largest absolute Gasteiger partial charge is 0.381 e. The van der Waals surface area contributed by atoms with Crippen molar-refractivity contribution >= 4 is 22.6 Å². The topological polar surface area (TPSA) is 86.3 Å². The van der Waals surface area contributed by atoms with Crippen LogP contribution in [-0.4, -0.2) is 43.3 Å². The van der Waals surface area contributed by atoms with Crippen molar-refractivity contribution in [2.45, 2.75) is 25.4 Å². The van der Waals surface area contributed by atoms with Gasteiger partial charge in [-0.25, -0.2) is 14.5 Å². The molecular weight excluding hydrogens is 356 g/mol. The lowest BCUT2D eigenvalue weighted by Crippen LogP contribution is -2.23. The maximum Gasteiger partial charge on any atom is 0.253 e. The van der Waals surface area contributed by atoms with Crippen molar-refractivity contribution < 1.29 is 9.53 Å². The minimum atomic E-state index is -0.170. The van der Waals surface area contributed by atoms with Gasteiger partial charge < -0.3 is 14.6 Å². The third-order valence-corrected chi connectivity index (χ3v) is 5.22. The van der Waals surface area contributed by atoms with Gasteiger partial charge in [0.15, 0.2) is 5.65 Å². The SMILES string of the molecule is O=C(NCc1cccn2nccc12)c1cnc2c(c1)ncn2C1CCOCC1. The molecule has 1 aliphatic heterocycles. The van der Waals surface area contributed by atoms with Crippen LogP contribution in [0.4, 0.5) is 0 Å². The van der Waals surface area contributed by atoms with Crippen LogP contribution in [0.15, 0.2) is 49.2 Å². The van der Waals surface area contributed by atoms with Gasteiger partial charge in [-0.3, -0.25) is 4.79 Å². The highest BCUT2D eigenvalue weighted by atomic mass is 16.5. The number of hydrogen-bond donors (Lipinski definition) is 1. The Morgan fingerprint density at radius 1 is 1.25 bits per heavy atom. The molecule has 0 radical (unpaired) electrons. The number of ether oxygens (including phenoxy) is 1. The number of aromatic nitrogens is 5. The van der Waals surface area contributed by atoms with Crippen molar-refractivity contribution in [1.29, 1.82) is 0 Å².